The van der Waals surface area contributed by atoms with E-state index in [1.54, 1.807) is 24.9 Å². The average Bonchev–Trinajstić information content (AvgIpc) is 3.47. The molecule has 0 aromatic carbocycles. The minimum atomic E-state index is -0.386. The number of aromatic amines is 2. The smallest absolute Gasteiger partial charge is 0.243 e. The van der Waals surface area contributed by atoms with Gasteiger partial charge in [-0.15, -0.1) is 0 Å². The lowest BCUT2D eigenvalue weighted by Crippen LogP contribution is -2.33. The van der Waals surface area contributed by atoms with Crippen molar-refractivity contribution in [2.75, 3.05) is 0 Å². The van der Waals surface area contributed by atoms with Crippen LogP contribution in [0.5, 0.6) is 0 Å². The Morgan fingerprint density at radius 2 is 2.00 bits per heavy atom. The predicted octanol–water partition coefficient (Wildman–Crippen LogP) is 1.49. The minimum absolute atomic E-state index is 0.109. The van der Waals surface area contributed by atoms with Crippen LogP contribution in [0.15, 0.2) is 61.6 Å². The molecular formula is C18H18N8O. The van der Waals surface area contributed by atoms with Crippen molar-refractivity contribution >= 4 is 5.91 Å². The first-order valence-corrected chi connectivity index (χ1v) is 8.48. The van der Waals surface area contributed by atoms with Gasteiger partial charge in [0.2, 0.25) is 5.91 Å². The van der Waals surface area contributed by atoms with Crippen molar-refractivity contribution in [3.05, 3.63) is 73.1 Å². The van der Waals surface area contributed by atoms with E-state index in [1.165, 1.54) is 0 Å². The lowest BCUT2D eigenvalue weighted by atomic mass is 10.1. The van der Waals surface area contributed by atoms with E-state index in [2.05, 4.69) is 35.5 Å². The Morgan fingerprint density at radius 1 is 1.19 bits per heavy atom. The normalized spacial score (nSPS) is 12.0. The van der Waals surface area contributed by atoms with Crippen molar-refractivity contribution in [3.8, 4) is 11.4 Å². The molecule has 0 saturated heterocycles. The molecule has 4 heterocycles. The van der Waals surface area contributed by atoms with Crippen molar-refractivity contribution in [3.63, 3.8) is 0 Å². The second kappa shape index (κ2) is 7.65. The van der Waals surface area contributed by atoms with E-state index in [9.17, 15) is 4.79 Å². The molecule has 9 heteroatoms. The quantitative estimate of drug-likeness (QED) is 0.460. The van der Waals surface area contributed by atoms with Gasteiger partial charge in [-0.05, 0) is 24.3 Å². The maximum Gasteiger partial charge on any atom is 0.243 e. The van der Waals surface area contributed by atoms with Crippen molar-refractivity contribution in [1.82, 2.24) is 40.0 Å². The van der Waals surface area contributed by atoms with Crippen LogP contribution >= 0.6 is 0 Å². The second-order valence-corrected chi connectivity index (χ2v) is 5.99. The number of carbonyl (C=O) groups is 1. The van der Waals surface area contributed by atoms with E-state index in [1.807, 2.05) is 41.2 Å². The summed E-state index contributed by atoms with van der Waals surface area (Å²) in [6.45, 7) is 0.262. The molecule has 1 atom stereocenters. The average molecular weight is 362 g/mol. The van der Waals surface area contributed by atoms with Gasteiger partial charge in [0, 0.05) is 48.7 Å². The molecule has 3 N–H and O–H groups in total. The molecule has 1 amide bonds. The van der Waals surface area contributed by atoms with E-state index in [-0.39, 0.29) is 18.5 Å². The number of hydrogen-bond donors (Lipinski definition) is 3. The number of aromatic nitrogens is 7. The number of nitrogens with one attached hydrogen (secondary N) is 3. The number of imidazole rings is 1. The van der Waals surface area contributed by atoms with Gasteiger partial charge in [-0.2, -0.15) is 5.10 Å². The van der Waals surface area contributed by atoms with Crippen LogP contribution < -0.4 is 5.32 Å². The third-order valence-electron chi connectivity index (χ3n) is 4.16. The summed E-state index contributed by atoms with van der Waals surface area (Å²) in [6, 6.07) is 7.06. The molecule has 0 saturated carbocycles. The van der Waals surface area contributed by atoms with Gasteiger partial charge in [0.1, 0.15) is 11.9 Å². The number of pyridine rings is 1. The molecule has 27 heavy (non-hydrogen) atoms. The Bertz CT molecular complexity index is 976. The first kappa shape index (κ1) is 16.7. The van der Waals surface area contributed by atoms with Crippen molar-refractivity contribution < 1.29 is 4.79 Å². The third kappa shape index (κ3) is 3.92. The maximum absolute atomic E-state index is 12.8. The topological polar surface area (TPSA) is 117 Å². The summed E-state index contributed by atoms with van der Waals surface area (Å²) in [5.74, 6) is 1.05. The summed E-state index contributed by atoms with van der Waals surface area (Å²) in [5.41, 5.74) is 1.76. The molecule has 4 aromatic rings. The Morgan fingerprint density at radius 3 is 2.74 bits per heavy atom. The highest BCUT2D eigenvalue weighted by molar-refractivity contribution is 5.80. The van der Waals surface area contributed by atoms with Gasteiger partial charge in [0.25, 0.3) is 0 Å². The van der Waals surface area contributed by atoms with Crippen LogP contribution in [0.4, 0.5) is 0 Å². The largest absolute Gasteiger partial charge is 0.348 e. The Labute approximate surface area is 154 Å². The van der Waals surface area contributed by atoms with Crippen LogP contribution in [0.3, 0.4) is 0 Å². The third-order valence-corrected chi connectivity index (χ3v) is 4.16. The Balaban J connectivity index is 1.43. The summed E-state index contributed by atoms with van der Waals surface area (Å²) < 4.78 is 1.87. The van der Waals surface area contributed by atoms with Crippen LogP contribution in [0.1, 0.15) is 17.6 Å². The molecule has 0 aliphatic heterocycles. The molecule has 4 aromatic heterocycles. The number of hydrogen-bond acceptors (Lipinski definition) is 5. The summed E-state index contributed by atoms with van der Waals surface area (Å²) in [6.07, 6.45) is 11.0. The number of carbonyl (C=O) groups excluding carboxylic acids is 1. The molecule has 0 bridgehead atoms. The van der Waals surface area contributed by atoms with Gasteiger partial charge in [0.15, 0.2) is 5.82 Å². The monoisotopic (exact) mass is 362 g/mol. The van der Waals surface area contributed by atoms with Crippen LogP contribution in [-0.2, 0) is 17.8 Å². The minimum Gasteiger partial charge on any atom is -0.348 e. The first-order valence-electron chi connectivity index (χ1n) is 8.48. The second-order valence-electron chi connectivity index (χ2n) is 5.99. The number of rotatable bonds is 7. The fourth-order valence-electron chi connectivity index (χ4n) is 2.79. The molecular weight excluding hydrogens is 344 g/mol. The molecule has 136 valence electrons. The number of H-pyrrole nitrogens is 2. The van der Waals surface area contributed by atoms with Gasteiger partial charge in [0.05, 0.1) is 12.9 Å². The predicted molar refractivity (Wildman–Crippen MR) is 97.2 cm³/mol. The molecule has 4 rings (SSSR count). The SMILES string of the molecule is O=C(NCc1nc(-c2ccncc2)n[nH]1)[C@@H](Cc1cnc[nH]1)n1cccc1. The van der Waals surface area contributed by atoms with E-state index < -0.39 is 0 Å². The summed E-state index contributed by atoms with van der Waals surface area (Å²) in [4.78, 5) is 28.2. The highest BCUT2D eigenvalue weighted by Crippen LogP contribution is 2.15. The molecule has 0 spiro atoms. The maximum atomic E-state index is 12.8. The lowest BCUT2D eigenvalue weighted by molar-refractivity contribution is -0.124. The number of amides is 1. The number of nitrogens with zero attached hydrogens (tertiary/aromatic N) is 5. The van der Waals surface area contributed by atoms with Gasteiger partial charge in [-0.1, -0.05) is 0 Å². The molecule has 0 fully saturated rings. The van der Waals surface area contributed by atoms with E-state index >= 15 is 0 Å². The summed E-state index contributed by atoms with van der Waals surface area (Å²) in [5, 5.41) is 9.97. The van der Waals surface area contributed by atoms with Crippen molar-refractivity contribution in [1.29, 1.82) is 0 Å². The zero-order chi connectivity index (χ0) is 18.5. The van der Waals surface area contributed by atoms with Crippen molar-refractivity contribution in [2.45, 2.75) is 19.0 Å². The first-order chi connectivity index (χ1) is 13.3. The molecule has 9 nitrogen and oxygen atoms in total. The van der Waals surface area contributed by atoms with Crippen molar-refractivity contribution in [2.24, 2.45) is 0 Å². The Hall–Kier alpha value is -3.75. The van der Waals surface area contributed by atoms with Gasteiger partial charge in [-0.25, -0.2) is 9.97 Å². The van der Waals surface area contributed by atoms with Gasteiger partial charge < -0.3 is 14.9 Å². The van der Waals surface area contributed by atoms with Gasteiger partial charge in [-0.3, -0.25) is 14.9 Å². The van der Waals surface area contributed by atoms with E-state index in [4.69, 9.17) is 0 Å². The van der Waals surface area contributed by atoms with E-state index in [0.29, 0.717) is 18.1 Å². The molecule has 0 unspecified atom stereocenters. The highest BCUT2D eigenvalue weighted by atomic mass is 16.2. The molecule has 0 aliphatic carbocycles. The standard InChI is InChI=1S/C18H18N8O/c27-18(15(26-7-1-2-8-26)9-14-10-20-12-22-14)21-11-16-23-17(25-24-16)13-3-5-19-6-4-13/h1-8,10,12,15H,9,11H2,(H,20,22)(H,21,27)(H,23,24,25)/t15-/m1/s1. The van der Waals surface area contributed by atoms with Crippen LogP contribution in [-0.4, -0.2) is 40.6 Å². The summed E-state index contributed by atoms with van der Waals surface area (Å²) >= 11 is 0. The van der Waals surface area contributed by atoms with Crippen LogP contribution in [0.25, 0.3) is 11.4 Å². The van der Waals surface area contributed by atoms with Gasteiger partial charge >= 0.3 is 0 Å². The van der Waals surface area contributed by atoms with Crippen LogP contribution in [0, 0.1) is 0 Å². The highest BCUT2D eigenvalue weighted by Gasteiger charge is 2.21. The Kier molecular flexibility index (Phi) is 4.73. The molecule has 0 aliphatic rings. The molecule has 0 radical (unpaired) electrons. The van der Waals surface area contributed by atoms with Crippen LogP contribution in [0.2, 0.25) is 0 Å². The zero-order valence-electron chi connectivity index (χ0n) is 14.4. The fourth-order valence-corrected chi connectivity index (χ4v) is 2.79. The van der Waals surface area contributed by atoms with E-state index in [0.717, 1.165) is 11.3 Å². The lowest BCUT2D eigenvalue weighted by Gasteiger charge is -2.17. The fraction of sp³-hybridized carbons (Fsp3) is 0.167. The zero-order valence-corrected chi connectivity index (χ0v) is 14.4. The summed E-state index contributed by atoms with van der Waals surface area (Å²) in [7, 11) is 0.